The van der Waals surface area contributed by atoms with E-state index in [0.717, 1.165) is 6.42 Å². The number of aliphatic imine (C=N–C) groups is 2. The lowest BCUT2D eigenvalue weighted by atomic mass is 10.4. The fourth-order valence-corrected chi connectivity index (χ4v) is 0.658. The first-order valence-electron chi connectivity index (χ1n) is 3.10. The fraction of sp³-hybridized carbons (Fsp3) is 0.600. The summed E-state index contributed by atoms with van der Waals surface area (Å²) in [6, 6.07) is 0. The predicted octanol–water partition coefficient (Wildman–Crippen LogP) is -0.134. The highest BCUT2D eigenvalue weighted by molar-refractivity contribution is 7.97. The van der Waals surface area contributed by atoms with E-state index in [1.165, 1.54) is 0 Å². The van der Waals surface area contributed by atoms with Crippen LogP contribution in [0.15, 0.2) is 9.98 Å². The van der Waals surface area contributed by atoms with Gasteiger partial charge >= 0.3 is 0 Å². The third-order valence-electron chi connectivity index (χ3n) is 0.864. The second kappa shape index (κ2) is 6.36. The number of thiol groups is 2. The van der Waals surface area contributed by atoms with Crippen molar-refractivity contribution in [1.29, 1.82) is 0 Å². The summed E-state index contributed by atoms with van der Waals surface area (Å²) >= 11 is 7.59. The summed E-state index contributed by atoms with van der Waals surface area (Å²) in [7, 11) is 0. The third kappa shape index (κ3) is 9.64. The summed E-state index contributed by atoms with van der Waals surface area (Å²) in [6.07, 6.45) is 0.808. The van der Waals surface area contributed by atoms with Gasteiger partial charge in [-0.2, -0.15) is 0 Å². The summed E-state index contributed by atoms with van der Waals surface area (Å²) in [4.78, 5) is 7.69. The molecule has 0 saturated heterocycles. The molecule has 0 aromatic carbocycles. The molecule has 0 heterocycles. The molecule has 0 fully saturated rings. The molecule has 0 unspecified atom stereocenters. The Morgan fingerprint density at radius 1 is 1.00 bits per heavy atom. The van der Waals surface area contributed by atoms with Crippen LogP contribution in [0.3, 0.4) is 0 Å². The van der Waals surface area contributed by atoms with Crippen molar-refractivity contribution >= 4 is 35.6 Å². The smallest absolute Gasteiger partial charge is 0.150 e. The van der Waals surface area contributed by atoms with E-state index in [1.54, 1.807) is 0 Å². The van der Waals surface area contributed by atoms with Crippen molar-refractivity contribution in [3.05, 3.63) is 0 Å². The summed E-state index contributed by atoms with van der Waals surface area (Å²) in [5.74, 6) is 0. The molecule has 0 aliphatic carbocycles. The van der Waals surface area contributed by atoms with E-state index in [9.17, 15) is 0 Å². The molecule has 0 aromatic heterocycles. The molecule has 0 spiro atoms. The molecule has 0 saturated carbocycles. The molecule has 4 N–H and O–H groups in total. The zero-order chi connectivity index (χ0) is 8.69. The fourth-order valence-electron chi connectivity index (χ4n) is 0.458. The summed E-state index contributed by atoms with van der Waals surface area (Å²) in [6.45, 7) is 1.25. The van der Waals surface area contributed by atoms with E-state index >= 15 is 0 Å². The van der Waals surface area contributed by atoms with Crippen LogP contribution in [0.1, 0.15) is 6.42 Å². The standard InChI is InChI=1S/C5H12N4S2/c6-4(10)8-2-1-3-9-5(7)11/h1-3H2,(H3,6,8,10)(H3,7,9,11). The lowest BCUT2D eigenvalue weighted by molar-refractivity contribution is 0.847. The van der Waals surface area contributed by atoms with Crippen LogP contribution in [0.25, 0.3) is 0 Å². The molecular weight excluding hydrogens is 180 g/mol. The Hall–Kier alpha value is -0.360. The van der Waals surface area contributed by atoms with Crippen LogP contribution in [0.5, 0.6) is 0 Å². The van der Waals surface area contributed by atoms with E-state index in [1.807, 2.05) is 0 Å². The summed E-state index contributed by atoms with van der Waals surface area (Å²) < 4.78 is 0. The Bertz CT molecular complexity index is 140. The van der Waals surface area contributed by atoms with Gasteiger partial charge in [0.1, 0.15) is 0 Å². The van der Waals surface area contributed by atoms with Crippen molar-refractivity contribution in [2.75, 3.05) is 13.1 Å². The van der Waals surface area contributed by atoms with Gasteiger partial charge in [0.15, 0.2) is 10.3 Å². The van der Waals surface area contributed by atoms with Crippen molar-refractivity contribution in [3.8, 4) is 0 Å². The zero-order valence-corrected chi connectivity index (χ0v) is 7.85. The minimum Gasteiger partial charge on any atom is -0.379 e. The summed E-state index contributed by atoms with van der Waals surface area (Å²) in [5, 5.41) is 0.598. The number of rotatable bonds is 4. The van der Waals surface area contributed by atoms with Crippen LogP contribution < -0.4 is 11.5 Å². The second-order valence-corrected chi connectivity index (χ2v) is 2.75. The first kappa shape index (κ1) is 10.6. The highest BCUT2D eigenvalue weighted by Crippen LogP contribution is 1.86. The summed E-state index contributed by atoms with van der Waals surface area (Å²) in [5.41, 5.74) is 10.3. The molecule has 0 amide bonds. The van der Waals surface area contributed by atoms with Crippen molar-refractivity contribution < 1.29 is 0 Å². The molecule has 0 rings (SSSR count). The third-order valence-corrected chi connectivity index (χ3v) is 1.15. The molecule has 0 atom stereocenters. The first-order valence-corrected chi connectivity index (χ1v) is 4.00. The van der Waals surface area contributed by atoms with E-state index in [-0.39, 0.29) is 0 Å². The Labute approximate surface area is 77.0 Å². The van der Waals surface area contributed by atoms with Gasteiger partial charge in [0.25, 0.3) is 0 Å². The lowest BCUT2D eigenvalue weighted by Crippen LogP contribution is -2.05. The van der Waals surface area contributed by atoms with Crippen LogP contribution >= 0.6 is 25.3 Å². The lowest BCUT2D eigenvalue weighted by Gasteiger charge is -1.92. The molecule has 0 aromatic rings. The van der Waals surface area contributed by atoms with Gasteiger partial charge in [-0.15, -0.1) is 25.3 Å². The molecule has 6 heteroatoms. The van der Waals surface area contributed by atoms with Gasteiger partial charge in [-0.3, -0.25) is 9.98 Å². The second-order valence-electron chi connectivity index (χ2n) is 1.83. The van der Waals surface area contributed by atoms with Crippen molar-refractivity contribution in [2.45, 2.75) is 6.42 Å². The molecule has 4 nitrogen and oxygen atoms in total. The van der Waals surface area contributed by atoms with E-state index in [2.05, 4.69) is 35.2 Å². The average Bonchev–Trinajstić information content (AvgIpc) is 1.85. The number of hydrogen-bond donors (Lipinski definition) is 4. The van der Waals surface area contributed by atoms with Crippen LogP contribution in [0, 0.1) is 0 Å². The molecule has 0 aliphatic heterocycles. The van der Waals surface area contributed by atoms with Gasteiger partial charge in [0.2, 0.25) is 0 Å². The van der Waals surface area contributed by atoms with E-state index < -0.39 is 0 Å². The van der Waals surface area contributed by atoms with Gasteiger partial charge in [-0.25, -0.2) is 0 Å². The molecule has 0 aliphatic rings. The number of amidine groups is 2. The number of nitrogens with two attached hydrogens (primary N) is 2. The SMILES string of the molecule is NC(S)=NCCCN=C(N)S. The Morgan fingerprint density at radius 2 is 1.36 bits per heavy atom. The predicted molar refractivity (Wildman–Crippen MR) is 55.6 cm³/mol. The van der Waals surface area contributed by atoms with Crippen LogP contribution in [-0.2, 0) is 0 Å². The molecular formula is C5H12N4S2. The minimum absolute atomic E-state index is 0.299. The van der Waals surface area contributed by atoms with Gasteiger partial charge in [-0.05, 0) is 6.42 Å². The topological polar surface area (TPSA) is 76.8 Å². The molecule has 0 bridgehead atoms. The van der Waals surface area contributed by atoms with Crippen LogP contribution in [0.2, 0.25) is 0 Å². The molecule has 64 valence electrons. The van der Waals surface area contributed by atoms with Gasteiger partial charge in [0.05, 0.1) is 0 Å². The molecule has 0 radical (unpaired) electrons. The highest BCUT2D eigenvalue weighted by Gasteiger charge is 1.84. The maximum absolute atomic E-state index is 5.17. The highest BCUT2D eigenvalue weighted by atomic mass is 32.1. The largest absolute Gasteiger partial charge is 0.379 e. The average molecular weight is 192 g/mol. The zero-order valence-electron chi connectivity index (χ0n) is 6.06. The monoisotopic (exact) mass is 192 g/mol. The van der Waals surface area contributed by atoms with Crippen molar-refractivity contribution in [3.63, 3.8) is 0 Å². The van der Waals surface area contributed by atoms with Crippen molar-refractivity contribution in [1.82, 2.24) is 0 Å². The van der Waals surface area contributed by atoms with Gasteiger partial charge in [0, 0.05) is 13.1 Å². The molecule has 11 heavy (non-hydrogen) atoms. The quantitative estimate of drug-likeness (QED) is 0.217. The van der Waals surface area contributed by atoms with Crippen LogP contribution in [-0.4, -0.2) is 23.4 Å². The van der Waals surface area contributed by atoms with Gasteiger partial charge in [-0.1, -0.05) is 0 Å². The Morgan fingerprint density at radius 3 is 1.64 bits per heavy atom. The Kier molecular flexibility index (Phi) is 6.15. The normalized spacial score (nSPS) is 13.6. The van der Waals surface area contributed by atoms with Gasteiger partial charge < -0.3 is 11.5 Å². The minimum atomic E-state index is 0.299. The first-order chi connectivity index (χ1) is 5.13. The van der Waals surface area contributed by atoms with E-state index in [4.69, 9.17) is 11.5 Å². The number of hydrogen-bond acceptors (Lipinski definition) is 2. The maximum Gasteiger partial charge on any atom is 0.150 e. The van der Waals surface area contributed by atoms with Crippen molar-refractivity contribution in [2.24, 2.45) is 21.5 Å². The van der Waals surface area contributed by atoms with Crippen LogP contribution in [0.4, 0.5) is 0 Å². The van der Waals surface area contributed by atoms with E-state index in [0.29, 0.717) is 23.4 Å². The number of nitrogens with zero attached hydrogens (tertiary/aromatic N) is 2. The maximum atomic E-state index is 5.17. The Balaban J connectivity index is 3.29.